The van der Waals surface area contributed by atoms with E-state index in [9.17, 15) is 19.8 Å². The summed E-state index contributed by atoms with van der Waals surface area (Å²) in [6, 6.07) is 12.3. The minimum absolute atomic E-state index is 0. The number of aromatic nitrogens is 2. The molecule has 0 spiro atoms. The maximum absolute atomic E-state index is 12.4. The lowest BCUT2D eigenvalue weighted by atomic mass is 10.0. The Bertz CT molecular complexity index is 1120. The molecule has 2 heterocycles. The molecule has 9 heteroatoms. The van der Waals surface area contributed by atoms with Crippen LogP contribution in [0.15, 0.2) is 47.3 Å². The highest BCUT2D eigenvalue weighted by Crippen LogP contribution is 2.27. The molecule has 0 bridgehead atoms. The Balaban J connectivity index is 0.00000272. The number of methoxy groups -OCH3 is 1. The van der Waals surface area contributed by atoms with Gasteiger partial charge in [0.1, 0.15) is 11.3 Å². The van der Waals surface area contributed by atoms with Crippen molar-refractivity contribution in [2.75, 3.05) is 26.7 Å². The lowest BCUT2D eigenvalue weighted by Gasteiger charge is -2.33. The van der Waals surface area contributed by atoms with Crippen LogP contribution in [0.3, 0.4) is 0 Å². The Morgan fingerprint density at radius 2 is 1.94 bits per heavy atom. The molecule has 0 radical (unpaired) electrons. The van der Waals surface area contributed by atoms with Gasteiger partial charge in [-0.05, 0) is 42.7 Å². The first-order valence-electron chi connectivity index (χ1n) is 9.99. The first-order chi connectivity index (χ1) is 14.5. The number of benzene rings is 2. The highest BCUT2D eigenvalue weighted by atomic mass is 35.5. The Kier molecular flexibility index (Phi) is 7.04. The lowest BCUT2D eigenvalue weighted by Crippen LogP contribution is -2.39. The van der Waals surface area contributed by atoms with Crippen LogP contribution in [0, 0.1) is 0 Å². The summed E-state index contributed by atoms with van der Waals surface area (Å²) in [6.45, 7) is 1.89. The van der Waals surface area contributed by atoms with Crippen molar-refractivity contribution in [3.63, 3.8) is 0 Å². The molecule has 1 atom stereocenters. The maximum Gasteiger partial charge on any atom is 0.341 e. The number of hydrogen-bond acceptors (Lipinski definition) is 6. The zero-order valence-electron chi connectivity index (χ0n) is 17.2. The number of halogens is 1. The van der Waals surface area contributed by atoms with E-state index in [1.807, 2.05) is 28.8 Å². The number of aliphatic hydroxyl groups is 1. The molecule has 31 heavy (non-hydrogen) atoms. The molecule has 0 amide bonds. The number of H-pyrrole nitrogens is 1. The first kappa shape index (κ1) is 22.9. The third-order valence-corrected chi connectivity index (χ3v) is 5.79. The minimum atomic E-state index is -0.804. The van der Waals surface area contributed by atoms with E-state index in [0.717, 1.165) is 37.0 Å². The average Bonchev–Trinajstić information content (AvgIpc) is 3.09. The van der Waals surface area contributed by atoms with Gasteiger partial charge in [-0.1, -0.05) is 18.2 Å². The van der Waals surface area contributed by atoms with E-state index in [4.69, 9.17) is 0 Å². The van der Waals surface area contributed by atoms with E-state index < -0.39 is 12.1 Å². The van der Waals surface area contributed by atoms with Gasteiger partial charge < -0.3 is 24.8 Å². The topological polar surface area (TPSA) is 108 Å². The SMILES string of the molecule is COC(=O)c1cc(C(O)CN2CCC(n3c(=O)[nH]c4ccccc43)CC2)ccc1O.Cl. The molecule has 1 fully saturated rings. The molecule has 3 N–H and O–H groups in total. The second kappa shape index (κ2) is 9.55. The number of imidazole rings is 1. The molecule has 1 aliphatic rings. The number of phenolic OH excluding ortho intramolecular Hbond substituents is 1. The van der Waals surface area contributed by atoms with Crippen molar-refractivity contribution in [2.24, 2.45) is 0 Å². The molecule has 1 saturated heterocycles. The molecule has 2 aromatic carbocycles. The fourth-order valence-electron chi connectivity index (χ4n) is 4.18. The Labute approximate surface area is 185 Å². The predicted molar refractivity (Wildman–Crippen MR) is 119 cm³/mol. The molecular weight excluding hydrogens is 422 g/mol. The number of nitrogens with zero attached hydrogens (tertiary/aromatic N) is 2. The van der Waals surface area contributed by atoms with E-state index in [1.165, 1.54) is 19.2 Å². The van der Waals surface area contributed by atoms with Crippen LogP contribution in [0.5, 0.6) is 5.75 Å². The van der Waals surface area contributed by atoms with E-state index >= 15 is 0 Å². The number of ether oxygens (including phenoxy) is 1. The summed E-state index contributed by atoms with van der Waals surface area (Å²) < 4.78 is 6.51. The average molecular weight is 448 g/mol. The summed E-state index contributed by atoms with van der Waals surface area (Å²) in [5.41, 5.74) is 2.25. The van der Waals surface area contributed by atoms with Crippen molar-refractivity contribution >= 4 is 29.4 Å². The van der Waals surface area contributed by atoms with E-state index in [1.54, 1.807) is 6.07 Å². The minimum Gasteiger partial charge on any atom is -0.507 e. The Morgan fingerprint density at radius 3 is 2.65 bits per heavy atom. The third kappa shape index (κ3) is 4.61. The van der Waals surface area contributed by atoms with Crippen molar-refractivity contribution in [3.05, 3.63) is 64.1 Å². The van der Waals surface area contributed by atoms with Crippen LogP contribution in [0.1, 0.15) is 40.9 Å². The number of fused-ring (bicyclic) bond motifs is 1. The molecule has 1 aliphatic heterocycles. The number of carbonyl (C=O) groups excluding carboxylic acids is 1. The number of aromatic hydroxyl groups is 1. The van der Waals surface area contributed by atoms with Crippen LogP contribution in [0.2, 0.25) is 0 Å². The molecule has 4 rings (SSSR count). The van der Waals surface area contributed by atoms with Crippen molar-refractivity contribution < 1.29 is 19.7 Å². The van der Waals surface area contributed by atoms with Gasteiger partial charge in [0, 0.05) is 25.7 Å². The van der Waals surface area contributed by atoms with Gasteiger partial charge in [0.05, 0.1) is 24.2 Å². The summed E-state index contributed by atoms with van der Waals surface area (Å²) >= 11 is 0. The van der Waals surface area contributed by atoms with Crippen LogP contribution in [-0.4, -0.2) is 57.4 Å². The van der Waals surface area contributed by atoms with Crippen molar-refractivity contribution in [1.29, 1.82) is 0 Å². The lowest BCUT2D eigenvalue weighted by molar-refractivity contribution is 0.0596. The monoisotopic (exact) mass is 447 g/mol. The molecule has 3 aromatic rings. The van der Waals surface area contributed by atoms with Gasteiger partial charge in [0.2, 0.25) is 0 Å². The summed E-state index contributed by atoms with van der Waals surface area (Å²) in [5, 5.41) is 20.5. The highest BCUT2D eigenvalue weighted by Gasteiger charge is 2.25. The number of aliphatic hydroxyl groups excluding tert-OH is 1. The molecule has 0 aliphatic carbocycles. The number of carbonyl (C=O) groups is 1. The van der Waals surface area contributed by atoms with Crippen LogP contribution < -0.4 is 5.69 Å². The number of β-amino-alcohol motifs (C(OH)–C–C–N with tert-alkyl or cyclic N) is 1. The fraction of sp³-hybridized carbons (Fsp3) is 0.364. The molecule has 0 saturated carbocycles. The smallest absolute Gasteiger partial charge is 0.341 e. The summed E-state index contributed by atoms with van der Waals surface area (Å²) in [5.74, 6) is -0.825. The normalized spacial score (nSPS) is 16.1. The number of nitrogens with one attached hydrogen (secondary N) is 1. The second-order valence-electron chi connectivity index (χ2n) is 7.63. The fourth-order valence-corrected chi connectivity index (χ4v) is 4.18. The van der Waals surface area contributed by atoms with Crippen LogP contribution in [-0.2, 0) is 4.74 Å². The first-order valence-corrected chi connectivity index (χ1v) is 9.99. The Hall–Kier alpha value is -2.81. The number of hydrogen-bond donors (Lipinski definition) is 3. The summed E-state index contributed by atoms with van der Waals surface area (Å²) in [6.07, 6.45) is 0.802. The number of likely N-dealkylation sites (tertiary alicyclic amines) is 1. The molecule has 1 aromatic heterocycles. The zero-order chi connectivity index (χ0) is 21.3. The van der Waals surface area contributed by atoms with Crippen LogP contribution in [0.25, 0.3) is 11.0 Å². The number of aromatic amines is 1. The highest BCUT2D eigenvalue weighted by molar-refractivity contribution is 5.92. The molecule has 8 nitrogen and oxygen atoms in total. The maximum atomic E-state index is 12.4. The Morgan fingerprint density at radius 1 is 1.23 bits per heavy atom. The van der Waals surface area contributed by atoms with E-state index in [0.29, 0.717) is 12.1 Å². The van der Waals surface area contributed by atoms with Crippen molar-refractivity contribution in [2.45, 2.75) is 25.0 Å². The summed E-state index contributed by atoms with van der Waals surface area (Å²) in [4.78, 5) is 29.2. The number of para-hydroxylation sites is 2. The number of phenols is 1. The van der Waals surface area contributed by atoms with Gasteiger partial charge in [-0.25, -0.2) is 9.59 Å². The quantitative estimate of drug-likeness (QED) is 0.519. The molecular formula is C22H26ClN3O5. The molecule has 166 valence electrons. The second-order valence-corrected chi connectivity index (χ2v) is 7.63. The number of rotatable bonds is 5. The summed E-state index contributed by atoms with van der Waals surface area (Å²) in [7, 11) is 1.24. The third-order valence-electron chi connectivity index (χ3n) is 5.79. The van der Waals surface area contributed by atoms with Gasteiger partial charge in [0.15, 0.2) is 0 Å². The molecule has 1 unspecified atom stereocenters. The van der Waals surface area contributed by atoms with E-state index in [-0.39, 0.29) is 35.5 Å². The van der Waals surface area contributed by atoms with Gasteiger partial charge in [0.25, 0.3) is 0 Å². The van der Waals surface area contributed by atoms with Gasteiger partial charge in [-0.3, -0.25) is 4.57 Å². The van der Waals surface area contributed by atoms with Crippen LogP contribution >= 0.6 is 12.4 Å². The van der Waals surface area contributed by atoms with Crippen LogP contribution in [0.4, 0.5) is 0 Å². The largest absolute Gasteiger partial charge is 0.507 e. The number of piperidine rings is 1. The van der Waals surface area contributed by atoms with Gasteiger partial charge in [-0.15, -0.1) is 12.4 Å². The van der Waals surface area contributed by atoms with Gasteiger partial charge >= 0.3 is 11.7 Å². The number of esters is 1. The van der Waals surface area contributed by atoms with Crippen molar-refractivity contribution in [3.8, 4) is 5.75 Å². The predicted octanol–water partition coefficient (Wildman–Crippen LogP) is 2.61. The zero-order valence-corrected chi connectivity index (χ0v) is 18.0. The standard InChI is InChI=1S/C22H25N3O5.ClH/c1-30-21(28)16-12-14(6-7-19(16)26)20(27)13-24-10-8-15(9-11-24)25-18-5-3-2-4-17(18)23-22(25)29;/h2-7,12,15,20,26-27H,8-11,13H2,1H3,(H,23,29);1H. The van der Waals surface area contributed by atoms with Crippen molar-refractivity contribution in [1.82, 2.24) is 14.5 Å². The van der Waals surface area contributed by atoms with Gasteiger partial charge in [-0.2, -0.15) is 0 Å². The van der Waals surface area contributed by atoms with E-state index in [2.05, 4.69) is 14.6 Å².